The molecular weight excluding hydrogens is 234 g/mol. The summed E-state index contributed by atoms with van der Waals surface area (Å²) in [5, 5.41) is 3.42. The average Bonchev–Trinajstić information content (AvgIpc) is 2.34. The second-order valence-electron chi connectivity index (χ2n) is 4.89. The highest BCUT2D eigenvalue weighted by atomic mass is 19.2. The first-order chi connectivity index (χ1) is 8.63. The second-order valence-corrected chi connectivity index (χ2v) is 4.89. The Morgan fingerprint density at radius 1 is 1.39 bits per heavy atom. The Hall–Kier alpha value is -1.16. The van der Waals surface area contributed by atoms with Gasteiger partial charge < -0.3 is 10.2 Å². The minimum Gasteiger partial charge on any atom is -0.366 e. The van der Waals surface area contributed by atoms with Crippen LogP contribution in [0.15, 0.2) is 18.2 Å². The van der Waals surface area contributed by atoms with Crippen LogP contribution in [0.5, 0.6) is 0 Å². The molecule has 0 bridgehead atoms. The summed E-state index contributed by atoms with van der Waals surface area (Å²) in [5.41, 5.74) is 0.387. The normalized spacial score (nSPS) is 24.3. The van der Waals surface area contributed by atoms with Gasteiger partial charge in [0.1, 0.15) is 0 Å². The van der Waals surface area contributed by atoms with Crippen LogP contribution < -0.4 is 10.2 Å². The van der Waals surface area contributed by atoms with Crippen molar-refractivity contribution in [2.75, 3.05) is 18.0 Å². The predicted octanol–water partition coefficient (Wildman–Crippen LogP) is 2.93. The minimum absolute atomic E-state index is 0.221. The molecule has 1 aromatic carbocycles. The van der Waals surface area contributed by atoms with Gasteiger partial charge in [-0.3, -0.25) is 0 Å². The quantitative estimate of drug-likeness (QED) is 0.892. The molecule has 0 amide bonds. The van der Waals surface area contributed by atoms with Gasteiger partial charge in [0, 0.05) is 18.6 Å². The maximum Gasteiger partial charge on any atom is 0.182 e. The molecule has 100 valence electrons. The summed E-state index contributed by atoms with van der Waals surface area (Å²) < 4.78 is 27.0. The molecule has 0 saturated carbocycles. The Kier molecular flexibility index (Phi) is 4.17. The van der Waals surface area contributed by atoms with Gasteiger partial charge >= 0.3 is 0 Å². The number of benzene rings is 1. The zero-order valence-corrected chi connectivity index (χ0v) is 10.9. The number of nitrogens with one attached hydrogen (secondary N) is 1. The summed E-state index contributed by atoms with van der Waals surface area (Å²) in [7, 11) is 0. The average molecular weight is 254 g/mol. The third kappa shape index (κ3) is 2.64. The number of halogens is 2. The first-order valence-corrected chi connectivity index (χ1v) is 6.57. The van der Waals surface area contributed by atoms with Crippen LogP contribution in [0.2, 0.25) is 0 Å². The highest BCUT2D eigenvalue weighted by Gasteiger charge is 2.27. The van der Waals surface area contributed by atoms with Crippen molar-refractivity contribution in [2.24, 2.45) is 0 Å². The number of hydrogen-bond donors (Lipinski definition) is 1. The van der Waals surface area contributed by atoms with Crippen molar-refractivity contribution in [2.45, 2.75) is 38.8 Å². The predicted molar refractivity (Wildman–Crippen MR) is 69.9 cm³/mol. The van der Waals surface area contributed by atoms with Crippen molar-refractivity contribution in [3.8, 4) is 0 Å². The van der Waals surface area contributed by atoms with Gasteiger partial charge in [0.2, 0.25) is 0 Å². The molecule has 1 aliphatic rings. The van der Waals surface area contributed by atoms with E-state index in [9.17, 15) is 8.78 Å². The van der Waals surface area contributed by atoms with Crippen LogP contribution in [0, 0.1) is 11.6 Å². The lowest BCUT2D eigenvalue weighted by Crippen LogP contribution is -2.47. The number of nitrogens with zero attached hydrogens (tertiary/aromatic N) is 1. The lowest BCUT2D eigenvalue weighted by Gasteiger charge is -2.39. The summed E-state index contributed by atoms with van der Waals surface area (Å²) >= 11 is 0. The van der Waals surface area contributed by atoms with Crippen LogP contribution in [-0.4, -0.2) is 25.2 Å². The van der Waals surface area contributed by atoms with E-state index in [1.165, 1.54) is 0 Å². The fraction of sp³-hybridized carbons (Fsp3) is 0.571. The Bertz CT molecular complexity index is 409. The van der Waals surface area contributed by atoms with Crippen LogP contribution >= 0.6 is 0 Å². The largest absolute Gasteiger partial charge is 0.366 e. The Balaban J connectivity index is 2.13. The molecule has 1 saturated heterocycles. The van der Waals surface area contributed by atoms with E-state index in [4.69, 9.17) is 0 Å². The summed E-state index contributed by atoms with van der Waals surface area (Å²) in [6.45, 7) is 5.86. The summed E-state index contributed by atoms with van der Waals surface area (Å²) in [6.07, 6.45) is 1.93. The van der Waals surface area contributed by atoms with E-state index < -0.39 is 11.6 Å². The molecule has 1 heterocycles. The molecule has 2 unspecified atom stereocenters. The van der Waals surface area contributed by atoms with Gasteiger partial charge in [0.25, 0.3) is 0 Å². The van der Waals surface area contributed by atoms with Gasteiger partial charge in [-0.25, -0.2) is 8.78 Å². The number of piperidine rings is 1. The second kappa shape index (κ2) is 5.65. The smallest absolute Gasteiger partial charge is 0.182 e. The highest BCUT2D eigenvalue weighted by molar-refractivity contribution is 5.49. The molecule has 2 nitrogen and oxygen atoms in total. The van der Waals surface area contributed by atoms with Gasteiger partial charge in [-0.05, 0) is 38.4 Å². The van der Waals surface area contributed by atoms with E-state index in [2.05, 4.69) is 19.2 Å². The molecule has 18 heavy (non-hydrogen) atoms. The molecule has 1 aliphatic heterocycles. The Morgan fingerprint density at radius 2 is 2.17 bits per heavy atom. The van der Waals surface area contributed by atoms with Crippen molar-refractivity contribution in [1.29, 1.82) is 0 Å². The molecule has 2 rings (SSSR count). The van der Waals surface area contributed by atoms with Gasteiger partial charge in [-0.1, -0.05) is 13.0 Å². The SMILES string of the molecule is CCNC1CCN(c2cccc(F)c2F)C(C)C1. The molecule has 0 radical (unpaired) electrons. The van der Waals surface area contributed by atoms with Crippen LogP contribution in [0.25, 0.3) is 0 Å². The van der Waals surface area contributed by atoms with Crippen molar-refractivity contribution in [3.63, 3.8) is 0 Å². The zero-order valence-electron chi connectivity index (χ0n) is 10.9. The molecule has 0 aliphatic carbocycles. The molecule has 2 atom stereocenters. The number of rotatable bonds is 3. The topological polar surface area (TPSA) is 15.3 Å². The number of hydrogen-bond acceptors (Lipinski definition) is 2. The van der Waals surface area contributed by atoms with Gasteiger partial charge in [-0.2, -0.15) is 0 Å². The van der Waals surface area contributed by atoms with Crippen LogP contribution in [0.4, 0.5) is 14.5 Å². The molecule has 4 heteroatoms. The molecule has 0 spiro atoms. The van der Waals surface area contributed by atoms with Crippen LogP contribution in [-0.2, 0) is 0 Å². The van der Waals surface area contributed by atoms with Crippen molar-refractivity contribution >= 4 is 5.69 Å². The molecular formula is C14H20F2N2. The van der Waals surface area contributed by atoms with Gasteiger partial charge in [0.15, 0.2) is 11.6 Å². The zero-order chi connectivity index (χ0) is 13.1. The van der Waals surface area contributed by atoms with Crippen molar-refractivity contribution in [3.05, 3.63) is 29.8 Å². The molecule has 1 fully saturated rings. The standard InChI is InChI=1S/C14H20F2N2/c1-3-17-11-7-8-18(10(2)9-11)13-6-4-5-12(15)14(13)16/h4-6,10-11,17H,3,7-9H2,1-2H3. The van der Waals surface area contributed by atoms with Crippen molar-refractivity contribution in [1.82, 2.24) is 5.32 Å². The summed E-state index contributed by atoms with van der Waals surface area (Å²) in [5.74, 6) is -1.50. The van der Waals surface area contributed by atoms with E-state index in [0.29, 0.717) is 11.7 Å². The van der Waals surface area contributed by atoms with E-state index in [0.717, 1.165) is 32.0 Å². The lowest BCUT2D eigenvalue weighted by molar-refractivity contribution is 0.370. The monoisotopic (exact) mass is 254 g/mol. The molecule has 1 N–H and O–H groups in total. The highest BCUT2D eigenvalue weighted by Crippen LogP contribution is 2.28. The Morgan fingerprint density at radius 3 is 2.83 bits per heavy atom. The van der Waals surface area contributed by atoms with Crippen LogP contribution in [0.1, 0.15) is 26.7 Å². The fourth-order valence-electron chi connectivity index (χ4n) is 2.72. The summed E-state index contributed by atoms with van der Waals surface area (Å²) in [4.78, 5) is 1.96. The lowest BCUT2D eigenvalue weighted by atomic mass is 9.97. The van der Waals surface area contributed by atoms with Crippen LogP contribution in [0.3, 0.4) is 0 Å². The van der Waals surface area contributed by atoms with Crippen molar-refractivity contribution < 1.29 is 8.78 Å². The van der Waals surface area contributed by atoms with E-state index >= 15 is 0 Å². The first kappa shape index (κ1) is 13.3. The van der Waals surface area contributed by atoms with Gasteiger partial charge in [-0.15, -0.1) is 0 Å². The third-order valence-electron chi connectivity index (χ3n) is 3.61. The van der Waals surface area contributed by atoms with E-state index in [-0.39, 0.29) is 6.04 Å². The molecule has 0 aromatic heterocycles. The Labute approximate surface area is 107 Å². The maximum absolute atomic E-state index is 13.8. The minimum atomic E-state index is -0.770. The fourth-order valence-corrected chi connectivity index (χ4v) is 2.72. The third-order valence-corrected chi connectivity index (χ3v) is 3.61. The maximum atomic E-state index is 13.8. The number of anilines is 1. The molecule has 1 aromatic rings. The first-order valence-electron chi connectivity index (χ1n) is 6.57. The van der Waals surface area contributed by atoms with Gasteiger partial charge in [0.05, 0.1) is 5.69 Å². The van der Waals surface area contributed by atoms with E-state index in [1.54, 1.807) is 12.1 Å². The summed E-state index contributed by atoms with van der Waals surface area (Å²) in [6, 6.07) is 5.09. The van der Waals surface area contributed by atoms with E-state index in [1.807, 2.05) is 4.90 Å².